The Hall–Kier alpha value is -3.13. The molecule has 6 rings (SSSR count). The summed E-state index contributed by atoms with van der Waals surface area (Å²) in [4.78, 5) is 2.37. The molecule has 2 nitrogen and oxygen atoms in total. The molecular weight excluding hydrogens is 388 g/mol. The van der Waals surface area contributed by atoms with Crippen LogP contribution >= 0.6 is 0 Å². The minimum absolute atomic E-state index is 0.733. The highest BCUT2D eigenvalue weighted by Crippen LogP contribution is 2.40. The van der Waals surface area contributed by atoms with Gasteiger partial charge in [-0.05, 0) is 66.0 Å². The topological polar surface area (TPSA) is 6.25 Å². The number of hydrogen-bond acceptors (Lipinski definition) is 1. The number of benzene rings is 2. The van der Waals surface area contributed by atoms with Crippen LogP contribution in [-0.4, -0.2) is 24.4 Å². The minimum Gasteiger partial charge on any atom is -0.348 e. The maximum atomic E-state index is 2.49. The monoisotopic (exact) mass is 419 g/mol. The van der Waals surface area contributed by atoms with Gasteiger partial charge < -0.3 is 4.90 Å². The second-order valence-electron chi connectivity index (χ2n) is 9.71. The standard InChI is InChI=1S/C30H31N2/c1-31-27(19-24-7-3-5-9-29(24)31)17-21-11-13-23-14-12-22(16-26(23)15-21)18-28-20-25-8-4-6-10-30(25)32(28)2/h3-10,15-18,23H,11-14,19-20H2,1-2H3/q+1. The van der Waals surface area contributed by atoms with Gasteiger partial charge in [0, 0.05) is 42.6 Å². The van der Waals surface area contributed by atoms with Crippen LogP contribution in [-0.2, 0) is 12.8 Å². The fourth-order valence-corrected chi connectivity index (χ4v) is 5.87. The predicted octanol–water partition coefficient (Wildman–Crippen LogP) is 6.52. The molecule has 160 valence electrons. The highest BCUT2D eigenvalue weighted by Gasteiger charge is 2.28. The van der Waals surface area contributed by atoms with Gasteiger partial charge in [0.2, 0.25) is 5.69 Å². The van der Waals surface area contributed by atoms with Gasteiger partial charge in [0.25, 0.3) is 0 Å². The number of likely N-dealkylation sites (N-methyl/N-ethyl adjacent to an activating group) is 1. The van der Waals surface area contributed by atoms with Gasteiger partial charge in [-0.2, -0.15) is 4.58 Å². The van der Waals surface area contributed by atoms with Crippen LogP contribution < -0.4 is 4.90 Å². The van der Waals surface area contributed by atoms with E-state index in [-0.39, 0.29) is 0 Å². The zero-order valence-electron chi connectivity index (χ0n) is 19.1. The molecule has 0 saturated heterocycles. The molecule has 2 aliphatic heterocycles. The molecule has 2 heteroatoms. The van der Waals surface area contributed by atoms with Crippen molar-refractivity contribution >= 4 is 17.1 Å². The van der Waals surface area contributed by atoms with Gasteiger partial charge in [-0.1, -0.05) is 48.6 Å². The van der Waals surface area contributed by atoms with Gasteiger partial charge in [0.15, 0.2) is 5.71 Å². The van der Waals surface area contributed by atoms with Crippen LogP contribution in [0.4, 0.5) is 11.4 Å². The largest absolute Gasteiger partial charge is 0.348 e. The first-order valence-corrected chi connectivity index (χ1v) is 12.0. The van der Waals surface area contributed by atoms with Gasteiger partial charge in [0.1, 0.15) is 7.05 Å². The maximum absolute atomic E-state index is 2.49. The van der Waals surface area contributed by atoms with Gasteiger partial charge >= 0.3 is 0 Å². The van der Waals surface area contributed by atoms with Crippen LogP contribution in [0.15, 0.2) is 95.3 Å². The summed E-state index contributed by atoms with van der Waals surface area (Å²) in [5.74, 6) is 0.733. The molecule has 32 heavy (non-hydrogen) atoms. The molecule has 0 radical (unpaired) electrons. The van der Waals surface area contributed by atoms with E-state index in [0.29, 0.717) is 0 Å². The molecule has 2 aromatic rings. The predicted molar refractivity (Wildman–Crippen MR) is 134 cm³/mol. The Morgan fingerprint density at radius 2 is 1.66 bits per heavy atom. The Bertz CT molecular complexity index is 1250. The van der Waals surface area contributed by atoms with Crippen LogP contribution in [0.1, 0.15) is 36.8 Å². The van der Waals surface area contributed by atoms with Crippen LogP contribution in [0.5, 0.6) is 0 Å². The first-order valence-electron chi connectivity index (χ1n) is 12.0. The molecule has 0 aromatic heterocycles. The summed E-state index contributed by atoms with van der Waals surface area (Å²) in [6.07, 6.45) is 16.9. The Morgan fingerprint density at radius 1 is 0.875 bits per heavy atom. The third kappa shape index (κ3) is 3.39. The summed E-state index contributed by atoms with van der Waals surface area (Å²) in [5.41, 5.74) is 12.9. The van der Waals surface area contributed by atoms with E-state index in [1.165, 1.54) is 76.3 Å². The quantitative estimate of drug-likeness (QED) is 0.503. The highest BCUT2D eigenvalue weighted by atomic mass is 15.1. The van der Waals surface area contributed by atoms with Gasteiger partial charge in [-0.3, -0.25) is 0 Å². The second kappa shape index (κ2) is 7.78. The van der Waals surface area contributed by atoms with E-state index in [0.717, 1.165) is 18.8 Å². The molecule has 4 aliphatic rings. The molecule has 0 fully saturated rings. The van der Waals surface area contributed by atoms with Crippen molar-refractivity contribution in [1.29, 1.82) is 0 Å². The van der Waals surface area contributed by atoms with E-state index in [1.807, 2.05) is 0 Å². The number of allylic oxidation sites excluding steroid dienone is 8. The van der Waals surface area contributed by atoms with Crippen LogP contribution in [0, 0.1) is 5.92 Å². The lowest BCUT2D eigenvalue weighted by molar-refractivity contribution is -0.400. The fourth-order valence-electron chi connectivity index (χ4n) is 5.87. The van der Waals surface area contributed by atoms with E-state index < -0.39 is 0 Å². The third-order valence-corrected chi connectivity index (χ3v) is 7.75. The molecule has 0 saturated carbocycles. The zero-order valence-corrected chi connectivity index (χ0v) is 19.1. The molecule has 2 aromatic carbocycles. The average Bonchev–Trinajstić information content (AvgIpc) is 3.30. The van der Waals surface area contributed by atoms with Crippen molar-refractivity contribution in [1.82, 2.24) is 0 Å². The molecule has 2 heterocycles. The average molecular weight is 420 g/mol. The Kier molecular flexibility index (Phi) is 4.75. The first-order chi connectivity index (χ1) is 15.7. The number of para-hydroxylation sites is 2. The fraction of sp³-hybridized carbons (Fsp3) is 0.300. The number of nitrogens with zero attached hydrogens (tertiary/aromatic N) is 2. The summed E-state index contributed by atoms with van der Waals surface area (Å²) in [5, 5.41) is 0. The van der Waals surface area contributed by atoms with E-state index in [4.69, 9.17) is 0 Å². The van der Waals surface area contributed by atoms with Gasteiger partial charge in [-0.15, -0.1) is 0 Å². The smallest absolute Gasteiger partial charge is 0.208 e. The lowest BCUT2D eigenvalue weighted by atomic mass is 9.77. The van der Waals surface area contributed by atoms with Crippen molar-refractivity contribution in [3.05, 3.63) is 106 Å². The molecule has 0 spiro atoms. The molecule has 2 aliphatic carbocycles. The van der Waals surface area contributed by atoms with Crippen molar-refractivity contribution in [3.63, 3.8) is 0 Å². The van der Waals surface area contributed by atoms with Gasteiger partial charge in [0.05, 0.1) is 6.42 Å². The number of rotatable bonds is 2. The minimum atomic E-state index is 0.733. The normalized spacial score (nSPS) is 24.4. The number of fused-ring (bicyclic) bond motifs is 3. The summed E-state index contributed by atoms with van der Waals surface area (Å²) >= 11 is 0. The Labute approximate surface area is 191 Å². The lowest BCUT2D eigenvalue weighted by Crippen LogP contribution is -2.15. The van der Waals surface area contributed by atoms with Crippen LogP contribution in [0.2, 0.25) is 0 Å². The first kappa shape index (κ1) is 19.5. The molecule has 1 unspecified atom stereocenters. The molecule has 0 amide bonds. The lowest BCUT2D eigenvalue weighted by Gasteiger charge is -2.28. The summed E-state index contributed by atoms with van der Waals surface area (Å²) in [6, 6.07) is 17.6. The van der Waals surface area contributed by atoms with E-state index in [1.54, 1.807) is 0 Å². The van der Waals surface area contributed by atoms with Crippen LogP contribution in [0.3, 0.4) is 0 Å². The van der Waals surface area contributed by atoms with E-state index in [2.05, 4.69) is 96.4 Å². The van der Waals surface area contributed by atoms with Crippen LogP contribution in [0.25, 0.3) is 0 Å². The van der Waals surface area contributed by atoms with Gasteiger partial charge in [-0.25, -0.2) is 0 Å². The highest BCUT2D eigenvalue weighted by molar-refractivity contribution is 5.97. The molecular formula is C30H31N2+. The molecule has 0 N–H and O–H groups in total. The summed E-state index contributed by atoms with van der Waals surface area (Å²) in [7, 11) is 4.41. The maximum Gasteiger partial charge on any atom is 0.208 e. The zero-order chi connectivity index (χ0) is 21.7. The van der Waals surface area contributed by atoms with Crippen molar-refractivity contribution < 1.29 is 4.58 Å². The second-order valence-corrected chi connectivity index (χ2v) is 9.71. The molecule has 0 bridgehead atoms. The Balaban J connectivity index is 1.27. The van der Waals surface area contributed by atoms with Crippen molar-refractivity contribution in [3.8, 4) is 0 Å². The number of anilines is 1. The Morgan fingerprint density at radius 3 is 2.50 bits per heavy atom. The van der Waals surface area contributed by atoms with E-state index in [9.17, 15) is 0 Å². The number of hydrogen-bond donors (Lipinski definition) is 0. The van der Waals surface area contributed by atoms with E-state index >= 15 is 0 Å². The van der Waals surface area contributed by atoms with Crippen molar-refractivity contribution in [2.24, 2.45) is 5.92 Å². The summed E-state index contributed by atoms with van der Waals surface area (Å²) < 4.78 is 2.37. The third-order valence-electron chi connectivity index (χ3n) is 7.75. The molecule has 1 atom stereocenters. The SMILES string of the molecule is CN1C(=CC2=CC3=CC(=CC4=[N+](C)c5ccccc5C4)CCC3CC2)Cc2ccccc21. The summed E-state index contributed by atoms with van der Waals surface area (Å²) in [6.45, 7) is 0. The van der Waals surface area contributed by atoms with Crippen molar-refractivity contribution in [2.45, 2.75) is 38.5 Å². The van der Waals surface area contributed by atoms with Crippen molar-refractivity contribution in [2.75, 3.05) is 19.0 Å².